The largest absolute Gasteiger partial charge is 0.497 e. The molecule has 0 saturated carbocycles. The maximum absolute atomic E-state index is 13.0. The van der Waals surface area contributed by atoms with Gasteiger partial charge in [-0.2, -0.15) is 0 Å². The third-order valence-electron chi connectivity index (χ3n) is 4.67. The van der Waals surface area contributed by atoms with Crippen molar-refractivity contribution < 1.29 is 4.74 Å². The van der Waals surface area contributed by atoms with Crippen LogP contribution in [0.2, 0.25) is 10.0 Å². The predicted octanol–water partition coefficient (Wildman–Crippen LogP) is 5.43. The van der Waals surface area contributed by atoms with Gasteiger partial charge in [0.1, 0.15) is 5.75 Å². The zero-order valence-electron chi connectivity index (χ0n) is 15.0. The number of nitrogens with zero attached hydrogens (tertiary/aromatic N) is 2. The normalized spacial score (nSPS) is 11.0. The van der Waals surface area contributed by atoms with Crippen molar-refractivity contribution in [3.8, 4) is 16.9 Å². The molecule has 0 fully saturated rings. The number of pyridine rings is 2. The molecule has 0 radical (unpaired) electrons. The fourth-order valence-electron chi connectivity index (χ4n) is 3.26. The first kappa shape index (κ1) is 18.5. The van der Waals surface area contributed by atoms with Crippen LogP contribution in [0.25, 0.3) is 22.0 Å². The minimum Gasteiger partial charge on any atom is -0.497 e. The average molecular weight is 411 g/mol. The first-order valence-electron chi connectivity index (χ1n) is 8.63. The lowest BCUT2D eigenvalue weighted by Gasteiger charge is -2.16. The Morgan fingerprint density at radius 1 is 1.00 bits per heavy atom. The lowest BCUT2D eigenvalue weighted by molar-refractivity contribution is 0.415. The van der Waals surface area contributed by atoms with Crippen molar-refractivity contribution in [1.82, 2.24) is 9.55 Å². The monoisotopic (exact) mass is 410 g/mol. The number of halogens is 2. The van der Waals surface area contributed by atoms with E-state index in [0.29, 0.717) is 15.6 Å². The maximum Gasteiger partial charge on any atom is 0.251 e. The van der Waals surface area contributed by atoms with Gasteiger partial charge in [-0.1, -0.05) is 53.5 Å². The summed E-state index contributed by atoms with van der Waals surface area (Å²) < 4.78 is 7.06. The molecule has 0 spiro atoms. The number of methoxy groups -OCH3 is 1. The van der Waals surface area contributed by atoms with E-state index in [4.69, 9.17) is 27.9 Å². The zero-order chi connectivity index (χ0) is 19.7. The number of ether oxygens (including phenoxy) is 1. The molecule has 0 unspecified atom stereocenters. The van der Waals surface area contributed by atoms with Gasteiger partial charge in [0, 0.05) is 29.4 Å². The van der Waals surface area contributed by atoms with Crippen molar-refractivity contribution in [2.45, 2.75) is 6.54 Å². The first-order chi connectivity index (χ1) is 13.6. The number of aromatic nitrogens is 2. The number of fused-ring (bicyclic) bond motifs is 1. The molecular weight excluding hydrogens is 395 g/mol. The molecule has 0 amide bonds. The van der Waals surface area contributed by atoms with Gasteiger partial charge in [0.25, 0.3) is 5.56 Å². The Morgan fingerprint density at radius 2 is 1.71 bits per heavy atom. The minimum absolute atomic E-state index is 0.138. The van der Waals surface area contributed by atoms with Crippen molar-refractivity contribution in [3.63, 3.8) is 0 Å². The Kier molecular flexibility index (Phi) is 5.07. The van der Waals surface area contributed by atoms with Crippen LogP contribution in [0.15, 0.2) is 71.8 Å². The van der Waals surface area contributed by atoms with Crippen molar-refractivity contribution in [2.75, 3.05) is 7.11 Å². The van der Waals surface area contributed by atoms with Crippen molar-refractivity contribution in [3.05, 3.63) is 93.0 Å². The molecule has 4 aromatic rings. The van der Waals surface area contributed by atoms with Gasteiger partial charge in [0.2, 0.25) is 0 Å². The van der Waals surface area contributed by atoms with Crippen LogP contribution in [-0.2, 0) is 6.54 Å². The Labute approximate surface area is 171 Å². The van der Waals surface area contributed by atoms with Crippen LogP contribution < -0.4 is 10.3 Å². The van der Waals surface area contributed by atoms with Crippen LogP contribution in [0.1, 0.15) is 5.56 Å². The van der Waals surface area contributed by atoms with E-state index in [1.807, 2.05) is 48.5 Å². The lowest BCUT2D eigenvalue weighted by Crippen LogP contribution is -2.21. The summed E-state index contributed by atoms with van der Waals surface area (Å²) in [6.07, 6.45) is 3.05. The summed E-state index contributed by atoms with van der Waals surface area (Å²) in [6, 6.07) is 17.1. The molecule has 0 saturated heterocycles. The summed E-state index contributed by atoms with van der Waals surface area (Å²) in [4.78, 5) is 17.0. The molecular formula is C22H16Cl2N2O2. The average Bonchev–Trinajstić information content (AvgIpc) is 2.72. The standard InChI is InChI=1S/C22H16Cl2N2O2/c1-28-15-7-8-21-17(9-15)16(14-5-3-2-4-6-14)10-22(27)26(21)13-18-19(23)11-25-12-20(18)24/h2-12H,13H2,1H3. The van der Waals surface area contributed by atoms with Gasteiger partial charge in [-0.05, 0) is 29.3 Å². The van der Waals surface area contributed by atoms with Gasteiger partial charge < -0.3 is 9.30 Å². The molecule has 0 atom stereocenters. The Balaban J connectivity index is 1.99. The molecule has 28 heavy (non-hydrogen) atoms. The molecule has 0 N–H and O–H groups in total. The Bertz CT molecular complexity index is 1200. The number of hydrogen-bond acceptors (Lipinski definition) is 3. The van der Waals surface area contributed by atoms with Gasteiger partial charge >= 0.3 is 0 Å². The Hall–Kier alpha value is -2.82. The second kappa shape index (κ2) is 7.66. The molecule has 0 aliphatic rings. The van der Waals surface area contributed by atoms with E-state index < -0.39 is 0 Å². The third-order valence-corrected chi connectivity index (χ3v) is 5.32. The zero-order valence-corrected chi connectivity index (χ0v) is 16.5. The van der Waals surface area contributed by atoms with Crippen molar-refractivity contribution in [2.24, 2.45) is 0 Å². The van der Waals surface area contributed by atoms with E-state index in [2.05, 4.69) is 4.98 Å². The fourth-order valence-corrected chi connectivity index (χ4v) is 3.74. The van der Waals surface area contributed by atoms with E-state index in [-0.39, 0.29) is 12.1 Å². The van der Waals surface area contributed by atoms with Crippen molar-refractivity contribution in [1.29, 1.82) is 0 Å². The van der Waals surface area contributed by atoms with Gasteiger partial charge in [-0.25, -0.2) is 0 Å². The highest BCUT2D eigenvalue weighted by molar-refractivity contribution is 6.35. The number of rotatable bonds is 4. The molecule has 0 bridgehead atoms. The summed E-state index contributed by atoms with van der Waals surface area (Å²) in [5.41, 5.74) is 3.11. The van der Waals surface area contributed by atoms with Gasteiger partial charge in [-0.3, -0.25) is 9.78 Å². The molecule has 4 rings (SSSR count). The van der Waals surface area contributed by atoms with Crippen LogP contribution in [0.4, 0.5) is 0 Å². The SMILES string of the molecule is COc1ccc2c(c1)c(-c1ccccc1)cc(=O)n2Cc1c(Cl)cncc1Cl. The van der Waals surface area contributed by atoms with Crippen LogP contribution in [-0.4, -0.2) is 16.7 Å². The van der Waals surface area contributed by atoms with Gasteiger partial charge in [0.15, 0.2) is 0 Å². The molecule has 2 heterocycles. The molecule has 140 valence electrons. The summed E-state index contributed by atoms with van der Waals surface area (Å²) >= 11 is 12.6. The van der Waals surface area contributed by atoms with E-state index >= 15 is 0 Å². The minimum atomic E-state index is -0.138. The third kappa shape index (κ3) is 3.37. The fraction of sp³-hybridized carbons (Fsp3) is 0.0909. The predicted molar refractivity (Wildman–Crippen MR) is 114 cm³/mol. The molecule has 0 aliphatic carbocycles. The Morgan fingerprint density at radius 3 is 2.39 bits per heavy atom. The smallest absolute Gasteiger partial charge is 0.251 e. The highest BCUT2D eigenvalue weighted by atomic mass is 35.5. The van der Waals surface area contributed by atoms with Gasteiger partial charge in [0.05, 0.1) is 29.2 Å². The van der Waals surface area contributed by atoms with E-state index in [9.17, 15) is 4.79 Å². The molecule has 0 aliphatic heterocycles. The molecule has 6 heteroatoms. The quantitative estimate of drug-likeness (QED) is 0.450. The topological polar surface area (TPSA) is 44.1 Å². The van der Waals surface area contributed by atoms with Crippen LogP contribution in [0, 0.1) is 0 Å². The second-order valence-electron chi connectivity index (χ2n) is 6.31. The van der Waals surface area contributed by atoms with Crippen LogP contribution in [0.3, 0.4) is 0 Å². The van der Waals surface area contributed by atoms with Crippen LogP contribution >= 0.6 is 23.2 Å². The maximum atomic E-state index is 13.0. The lowest BCUT2D eigenvalue weighted by atomic mass is 10.0. The summed E-state index contributed by atoms with van der Waals surface area (Å²) in [5.74, 6) is 0.717. The highest BCUT2D eigenvalue weighted by Crippen LogP contribution is 2.31. The van der Waals surface area contributed by atoms with E-state index in [0.717, 1.165) is 27.8 Å². The number of benzene rings is 2. The van der Waals surface area contributed by atoms with E-state index in [1.165, 1.54) is 12.4 Å². The molecule has 2 aromatic heterocycles. The number of hydrogen-bond donors (Lipinski definition) is 0. The van der Waals surface area contributed by atoms with Gasteiger partial charge in [-0.15, -0.1) is 0 Å². The summed E-state index contributed by atoms with van der Waals surface area (Å²) in [5, 5.41) is 1.76. The summed E-state index contributed by atoms with van der Waals surface area (Å²) in [7, 11) is 1.62. The summed E-state index contributed by atoms with van der Waals surface area (Å²) in [6.45, 7) is 0.247. The van der Waals surface area contributed by atoms with Crippen LogP contribution in [0.5, 0.6) is 5.75 Å². The molecule has 2 aromatic carbocycles. The second-order valence-corrected chi connectivity index (χ2v) is 7.13. The highest BCUT2D eigenvalue weighted by Gasteiger charge is 2.14. The first-order valence-corrected chi connectivity index (χ1v) is 9.39. The van der Waals surface area contributed by atoms with E-state index in [1.54, 1.807) is 17.7 Å². The van der Waals surface area contributed by atoms with Crippen molar-refractivity contribution >= 4 is 34.1 Å². The molecule has 4 nitrogen and oxygen atoms in total.